The van der Waals surface area contributed by atoms with Crippen molar-refractivity contribution < 1.29 is 39.6 Å². The van der Waals surface area contributed by atoms with E-state index < -0.39 is 50.1 Å². The van der Waals surface area contributed by atoms with Gasteiger partial charge in [0.1, 0.15) is 0 Å². The maximum atomic E-state index is 10.4. The first-order valence-electron chi connectivity index (χ1n) is 7.86. The van der Waals surface area contributed by atoms with Crippen molar-refractivity contribution in [3.63, 3.8) is 0 Å². The molecule has 1 rings (SSSR count). The molecule has 0 atom stereocenters. The molecule has 0 radical (unpaired) electrons. The van der Waals surface area contributed by atoms with Gasteiger partial charge in [-0.25, -0.2) is 0 Å². The Morgan fingerprint density at radius 1 is 0.571 bits per heavy atom. The van der Waals surface area contributed by atoms with E-state index in [2.05, 4.69) is 10.6 Å². The van der Waals surface area contributed by atoms with E-state index in [1.54, 1.807) is 0 Å². The fourth-order valence-electron chi connectivity index (χ4n) is 2.04. The minimum Gasteiger partial charge on any atom is -0.549 e. The predicted molar refractivity (Wildman–Crippen MR) is 90.2 cm³/mol. The summed E-state index contributed by atoms with van der Waals surface area (Å²) in [5, 5.41) is 48.1. The molecular weight excluding hydrogens is 432 g/mol. The van der Waals surface area contributed by atoms with Crippen molar-refractivity contribution in [1.82, 2.24) is 20.4 Å². The predicted octanol–water partition coefficient (Wildman–Crippen LogP) is -8.99. The normalized spacial score (nSPS) is 12.8. The van der Waals surface area contributed by atoms with Gasteiger partial charge in [0.2, 0.25) is 0 Å². The van der Waals surface area contributed by atoms with Crippen LogP contribution < -0.4 is 31.1 Å². The fraction of sp³-hybridized carbons (Fsp3) is 0.714. The van der Waals surface area contributed by atoms with E-state index in [1.165, 1.54) is 0 Å². The number of hydrogen-bond acceptors (Lipinski definition) is 12. The molecule has 0 bridgehead atoms. The largest absolute Gasteiger partial charge is 2.00 e. The van der Waals surface area contributed by atoms with Gasteiger partial charge in [0.25, 0.3) is 0 Å². The van der Waals surface area contributed by atoms with Crippen molar-refractivity contribution in [2.45, 2.75) is 0 Å². The van der Waals surface area contributed by atoms with E-state index in [0.29, 0.717) is 0 Å². The van der Waals surface area contributed by atoms with Crippen molar-refractivity contribution >= 4 is 99.4 Å². The number of carbonyl (C=O) groups is 4. The van der Waals surface area contributed by atoms with E-state index in [9.17, 15) is 39.6 Å². The van der Waals surface area contributed by atoms with Crippen molar-refractivity contribution in [2.75, 3.05) is 65.4 Å². The Labute approximate surface area is 222 Å². The molecular formula is C14H22Ca2N4O8. The van der Waals surface area contributed by atoms with Gasteiger partial charge in [0.05, 0.1) is 23.9 Å². The van der Waals surface area contributed by atoms with E-state index >= 15 is 0 Å². The summed E-state index contributed by atoms with van der Waals surface area (Å²) in [5.41, 5.74) is 0. The molecule has 1 heterocycles. The summed E-state index contributed by atoms with van der Waals surface area (Å²) < 4.78 is 0. The molecule has 0 aromatic rings. The topological polar surface area (TPSA) is 191 Å². The summed E-state index contributed by atoms with van der Waals surface area (Å²) in [6.45, 7) is 1.30. The summed E-state index contributed by atoms with van der Waals surface area (Å²) in [6.07, 6.45) is 0. The summed E-state index contributed by atoms with van der Waals surface area (Å²) in [5.74, 6) is -6.12. The molecule has 0 saturated carbocycles. The van der Waals surface area contributed by atoms with Gasteiger partial charge in [0.15, 0.2) is 0 Å². The van der Waals surface area contributed by atoms with E-state index in [0.717, 1.165) is 36.0 Å². The Bertz CT molecular complexity index is 401. The molecule has 12 nitrogen and oxygen atoms in total. The molecule has 0 spiro atoms. The van der Waals surface area contributed by atoms with Crippen LogP contribution in [0.25, 0.3) is 0 Å². The zero-order chi connectivity index (χ0) is 19.9. The van der Waals surface area contributed by atoms with Crippen molar-refractivity contribution in [3.8, 4) is 0 Å². The number of aliphatic carboxylic acids is 4. The number of carboxylic acid groups (broad SMARTS) is 4. The van der Waals surface area contributed by atoms with Crippen LogP contribution in [-0.2, 0) is 19.2 Å². The molecule has 0 aromatic heterocycles. The second kappa shape index (κ2) is 20.5. The zero-order valence-electron chi connectivity index (χ0n) is 15.6. The number of carboxylic acids is 4. The van der Waals surface area contributed by atoms with E-state index in [4.69, 9.17) is 0 Å². The first-order valence-corrected chi connectivity index (χ1v) is 7.86. The second-order valence-electron chi connectivity index (χ2n) is 5.41. The molecule has 0 unspecified atom stereocenters. The SMILES string of the molecule is C1CNCCN1.O=C([O-])CN(CCN(CC(=O)[O-])CC(=O)[O-])CC(=O)[O-].[Ca+2].[Ca+2]. The molecule has 0 amide bonds. The van der Waals surface area contributed by atoms with Crippen LogP contribution in [0, 0.1) is 0 Å². The van der Waals surface area contributed by atoms with E-state index in [-0.39, 0.29) is 88.6 Å². The molecule has 1 fully saturated rings. The first-order chi connectivity index (χ1) is 12.2. The molecule has 28 heavy (non-hydrogen) atoms. The van der Waals surface area contributed by atoms with Crippen molar-refractivity contribution in [1.29, 1.82) is 0 Å². The summed E-state index contributed by atoms with van der Waals surface area (Å²) >= 11 is 0. The van der Waals surface area contributed by atoms with Gasteiger partial charge in [-0.05, 0) is 0 Å². The van der Waals surface area contributed by atoms with Crippen LogP contribution >= 0.6 is 0 Å². The second-order valence-corrected chi connectivity index (χ2v) is 5.41. The molecule has 2 N–H and O–H groups in total. The molecule has 14 heteroatoms. The first kappa shape index (κ1) is 32.9. The van der Waals surface area contributed by atoms with Gasteiger partial charge in [-0.3, -0.25) is 9.80 Å². The number of rotatable bonds is 11. The van der Waals surface area contributed by atoms with Crippen LogP contribution in [-0.4, -0.2) is 175 Å². The number of piperazine rings is 1. The van der Waals surface area contributed by atoms with Gasteiger partial charge in [-0.2, -0.15) is 0 Å². The van der Waals surface area contributed by atoms with Gasteiger partial charge in [0, 0.05) is 65.4 Å². The van der Waals surface area contributed by atoms with Gasteiger partial charge in [-0.15, -0.1) is 0 Å². The third kappa shape index (κ3) is 22.5. The smallest absolute Gasteiger partial charge is 0.549 e. The quantitative estimate of drug-likeness (QED) is 0.281. The Hall–Kier alpha value is 0.239. The summed E-state index contributed by atoms with van der Waals surface area (Å²) in [4.78, 5) is 43.4. The molecule has 0 aliphatic carbocycles. The average molecular weight is 455 g/mol. The minimum atomic E-state index is -1.53. The third-order valence-electron chi connectivity index (χ3n) is 3.10. The Morgan fingerprint density at radius 3 is 0.929 bits per heavy atom. The monoisotopic (exact) mass is 454 g/mol. The number of nitrogens with zero attached hydrogens (tertiary/aromatic N) is 2. The third-order valence-corrected chi connectivity index (χ3v) is 3.10. The van der Waals surface area contributed by atoms with Gasteiger partial charge < -0.3 is 50.2 Å². The van der Waals surface area contributed by atoms with Crippen LogP contribution in [0.5, 0.6) is 0 Å². The molecule has 1 aliphatic rings. The van der Waals surface area contributed by atoms with Crippen LogP contribution in [0.3, 0.4) is 0 Å². The molecule has 1 saturated heterocycles. The standard InChI is InChI=1S/C10H16N2O8.C4H10N2.2Ca/c13-7(14)3-11(4-8(15)16)1-2-12(5-9(17)18)6-10(19)20;1-2-6-4-3-5-1;;/h1-6H2,(H,13,14)(H,15,16)(H,17,18)(H,19,20);5-6H,1-4H2;;/q;;2*+2/p-4. The Balaban J connectivity index is -0.000000662. The minimum absolute atomic E-state index is 0. The summed E-state index contributed by atoms with van der Waals surface area (Å²) in [6, 6.07) is 0. The van der Waals surface area contributed by atoms with Crippen molar-refractivity contribution in [2.24, 2.45) is 0 Å². The summed E-state index contributed by atoms with van der Waals surface area (Å²) in [7, 11) is 0. The van der Waals surface area contributed by atoms with Crippen molar-refractivity contribution in [3.05, 3.63) is 0 Å². The fourth-order valence-corrected chi connectivity index (χ4v) is 2.04. The Kier molecular flexibility index (Phi) is 24.1. The van der Waals surface area contributed by atoms with Crippen LogP contribution in [0.1, 0.15) is 0 Å². The average Bonchev–Trinajstić information content (AvgIpc) is 2.52. The van der Waals surface area contributed by atoms with Gasteiger partial charge in [-0.1, -0.05) is 0 Å². The molecule has 0 aromatic carbocycles. The van der Waals surface area contributed by atoms with Crippen LogP contribution in [0.4, 0.5) is 0 Å². The zero-order valence-corrected chi connectivity index (χ0v) is 20.1. The number of carbonyl (C=O) groups excluding carboxylic acids is 4. The van der Waals surface area contributed by atoms with Crippen LogP contribution in [0.2, 0.25) is 0 Å². The number of nitrogens with one attached hydrogen (secondary N) is 2. The molecule has 150 valence electrons. The Morgan fingerprint density at radius 2 is 0.786 bits per heavy atom. The number of hydrogen-bond donors (Lipinski definition) is 2. The van der Waals surface area contributed by atoms with E-state index in [1.807, 2.05) is 0 Å². The van der Waals surface area contributed by atoms with Crippen LogP contribution in [0.15, 0.2) is 0 Å². The maximum absolute atomic E-state index is 10.4. The van der Waals surface area contributed by atoms with Gasteiger partial charge >= 0.3 is 75.5 Å². The maximum Gasteiger partial charge on any atom is 2.00 e. The molecule has 1 aliphatic heterocycles.